The molecule has 1 heterocycles. The van der Waals surface area contributed by atoms with Crippen LogP contribution in [0.4, 0.5) is 5.69 Å². The van der Waals surface area contributed by atoms with Crippen molar-refractivity contribution >= 4 is 27.6 Å². The topological polar surface area (TPSA) is 93.2 Å². The van der Waals surface area contributed by atoms with Gasteiger partial charge in [-0.2, -0.15) is 4.31 Å². The van der Waals surface area contributed by atoms with Crippen LogP contribution in [0.1, 0.15) is 6.92 Å². The average molecular weight is 356 g/mol. The van der Waals surface area contributed by atoms with Crippen molar-refractivity contribution in [3.63, 3.8) is 0 Å². The predicted octanol–water partition coefficient (Wildman–Crippen LogP) is 0.235. The largest absolute Gasteiger partial charge is 0.475 e. The minimum absolute atomic E-state index is 0.0392. The summed E-state index contributed by atoms with van der Waals surface area (Å²) in [4.78, 5) is 25.7. The Balaban J connectivity index is 2.27. The fourth-order valence-corrected chi connectivity index (χ4v) is 3.07. The molecule has 0 unspecified atom stereocenters. The Morgan fingerprint density at radius 1 is 1.38 bits per heavy atom. The van der Waals surface area contributed by atoms with Gasteiger partial charge in [-0.05, 0) is 19.1 Å². The van der Waals surface area contributed by atoms with E-state index < -0.39 is 28.0 Å². The highest BCUT2D eigenvalue weighted by atomic mass is 32.2. The van der Waals surface area contributed by atoms with Crippen LogP contribution >= 0.6 is 0 Å². The van der Waals surface area contributed by atoms with Crippen LogP contribution in [0.3, 0.4) is 0 Å². The van der Waals surface area contributed by atoms with Gasteiger partial charge in [-0.1, -0.05) is 12.1 Å². The molecule has 0 bridgehead atoms. The molecule has 9 heteroatoms. The number of rotatable bonds is 5. The number of sulfonamides is 1. The van der Waals surface area contributed by atoms with Gasteiger partial charge < -0.3 is 14.4 Å². The van der Waals surface area contributed by atoms with Gasteiger partial charge in [-0.15, -0.1) is 0 Å². The van der Waals surface area contributed by atoms with Gasteiger partial charge in [0.2, 0.25) is 22.0 Å². The van der Waals surface area contributed by atoms with E-state index in [1.807, 2.05) is 0 Å². The van der Waals surface area contributed by atoms with Crippen LogP contribution in [0.5, 0.6) is 5.75 Å². The number of nitrogens with zero attached hydrogens (tertiary/aromatic N) is 2. The van der Waals surface area contributed by atoms with Crippen molar-refractivity contribution < 1.29 is 27.5 Å². The van der Waals surface area contributed by atoms with Gasteiger partial charge in [-0.25, -0.2) is 13.2 Å². The molecule has 132 valence electrons. The van der Waals surface area contributed by atoms with Crippen LogP contribution in [-0.4, -0.2) is 63.7 Å². The minimum atomic E-state index is -3.48. The molecule has 0 fully saturated rings. The minimum Gasteiger partial charge on any atom is -0.475 e. The maximum Gasteiger partial charge on any atom is 0.348 e. The second-order valence-electron chi connectivity index (χ2n) is 5.26. The second kappa shape index (κ2) is 7.18. The maximum absolute atomic E-state index is 12.6. The van der Waals surface area contributed by atoms with Crippen LogP contribution in [0.15, 0.2) is 24.3 Å². The SMILES string of the molecule is CCS(=O)(=O)N(C)CC(=O)N1C[C@@H](C(=O)OC)Oc2ccccc21. The van der Waals surface area contributed by atoms with E-state index in [9.17, 15) is 18.0 Å². The third-order valence-electron chi connectivity index (χ3n) is 3.74. The lowest BCUT2D eigenvalue weighted by molar-refractivity contribution is -0.148. The molecule has 0 N–H and O–H groups in total. The number of methoxy groups -OCH3 is 1. The van der Waals surface area contributed by atoms with Gasteiger partial charge >= 0.3 is 5.97 Å². The summed E-state index contributed by atoms with van der Waals surface area (Å²) >= 11 is 0. The number of para-hydroxylation sites is 2. The summed E-state index contributed by atoms with van der Waals surface area (Å²) in [7, 11) is -0.897. The zero-order valence-electron chi connectivity index (χ0n) is 13.8. The first-order valence-corrected chi connectivity index (χ1v) is 8.99. The molecule has 0 saturated carbocycles. The highest BCUT2D eigenvalue weighted by Crippen LogP contribution is 2.33. The van der Waals surface area contributed by atoms with Crippen molar-refractivity contribution in [2.75, 3.05) is 37.9 Å². The lowest BCUT2D eigenvalue weighted by Crippen LogP contribution is -2.50. The van der Waals surface area contributed by atoms with Crippen LogP contribution < -0.4 is 9.64 Å². The Bertz CT molecular complexity index is 733. The molecule has 0 aromatic heterocycles. The number of benzene rings is 1. The molecule has 8 nitrogen and oxygen atoms in total. The van der Waals surface area contributed by atoms with E-state index in [1.165, 1.54) is 26.0 Å². The highest BCUT2D eigenvalue weighted by molar-refractivity contribution is 7.89. The first kappa shape index (κ1) is 18.2. The highest BCUT2D eigenvalue weighted by Gasteiger charge is 2.35. The molecular formula is C15H20N2O6S. The summed E-state index contributed by atoms with van der Waals surface area (Å²) in [6.07, 6.45) is -0.957. The van der Waals surface area contributed by atoms with E-state index in [4.69, 9.17) is 4.74 Å². The molecule has 24 heavy (non-hydrogen) atoms. The third kappa shape index (κ3) is 3.68. The first-order valence-electron chi connectivity index (χ1n) is 7.38. The number of carbonyl (C=O) groups is 2. The number of likely N-dealkylation sites (N-methyl/N-ethyl adjacent to an activating group) is 1. The fraction of sp³-hybridized carbons (Fsp3) is 0.467. The number of esters is 1. The molecule has 1 aliphatic heterocycles. The normalized spacial score (nSPS) is 17.2. The standard InChI is InChI=1S/C15H20N2O6S/c1-4-24(20,21)16(2)10-14(18)17-9-13(15(19)22-3)23-12-8-6-5-7-11(12)17/h5-8,13H,4,9-10H2,1-3H3/t13-/m0/s1. The van der Waals surface area contributed by atoms with Crippen LogP contribution in [0, 0.1) is 0 Å². The van der Waals surface area contributed by atoms with Crippen molar-refractivity contribution in [2.24, 2.45) is 0 Å². The molecule has 1 aromatic carbocycles. The summed E-state index contributed by atoms with van der Waals surface area (Å²) in [5.74, 6) is -0.772. The molecular weight excluding hydrogens is 336 g/mol. The fourth-order valence-electron chi connectivity index (χ4n) is 2.32. The summed E-state index contributed by atoms with van der Waals surface area (Å²) in [6, 6.07) is 6.76. The molecule has 2 rings (SSSR count). The lowest BCUT2D eigenvalue weighted by Gasteiger charge is -2.34. The van der Waals surface area contributed by atoms with E-state index in [2.05, 4.69) is 4.74 Å². The predicted molar refractivity (Wildman–Crippen MR) is 87.3 cm³/mol. The Morgan fingerprint density at radius 3 is 2.67 bits per heavy atom. The zero-order valence-corrected chi connectivity index (χ0v) is 14.6. The summed E-state index contributed by atoms with van der Waals surface area (Å²) in [6.45, 7) is 1.15. The van der Waals surface area contributed by atoms with Crippen LogP contribution in [-0.2, 0) is 24.3 Å². The number of amides is 1. The Labute approximate surface area is 141 Å². The molecule has 0 saturated heterocycles. The van der Waals surface area contributed by atoms with Gasteiger partial charge in [-0.3, -0.25) is 4.79 Å². The molecule has 1 aromatic rings. The van der Waals surface area contributed by atoms with Crippen molar-refractivity contribution in [1.29, 1.82) is 0 Å². The first-order chi connectivity index (χ1) is 11.3. The second-order valence-corrected chi connectivity index (χ2v) is 7.62. The Morgan fingerprint density at radius 2 is 2.04 bits per heavy atom. The average Bonchev–Trinajstić information content (AvgIpc) is 2.59. The number of hydrogen-bond donors (Lipinski definition) is 0. The van der Waals surface area contributed by atoms with E-state index in [0.717, 1.165) is 4.31 Å². The van der Waals surface area contributed by atoms with Crippen molar-refractivity contribution in [2.45, 2.75) is 13.0 Å². The van der Waals surface area contributed by atoms with Gasteiger partial charge in [0.15, 0.2) is 0 Å². The summed E-state index contributed by atoms with van der Waals surface area (Å²) in [5.41, 5.74) is 0.491. The van der Waals surface area contributed by atoms with E-state index in [1.54, 1.807) is 24.3 Å². The number of anilines is 1. The molecule has 1 aliphatic rings. The Kier molecular flexibility index (Phi) is 5.45. The van der Waals surface area contributed by atoms with Crippen LogP contribution in [0.2, 0.25) is 0 Å². The number of carbonyl (C=O) groups excluding carboxylic acids is 2. The molecule has 1 atom stereocenters. The van der Waals surface area contributed by atoms with E-state index in [-0.39, 0.29) is 18.8 Å². The molecule has 0 aliphatic carbocycles. The number of fused-ring (bicyclic) bond motifs is 1. The maximum atomic E-state index is 12.6. The quantitative estimate of drug-likeness (QED) is 0.702. The van der Waals surface area contributed by atoms with Gasteiger partial charge in [0.05, 0.1) is 31.6 Å². The van der Waals surface area contributed by atoms with Crippen molar-refractivity contribution in [3.8, 4) is 5.75 Å². The van der Waals surface area contributed by atoms with Crippen LogP contribution in [0.25, 0.3) is 0 Å². The van der Waals surface area contributed by atoms with E-state index >= 15 is 0 Å². The van der Waals surface area contributed by atoms with Gasteiger partial charge in [0, 0.05) is 7.05 Å². The third-order valence-corrected chi connectivity index (χ3v) is 5.54. The molecule has 1 amide bonds. The van der Waals surface area contributed by atoms with E-state index in [0.29, 0.717) is 11.4 Å². The smallest absolute Gasteiger partial charge is 0.348 e. The Hall–Kier alpha value is -2.13. The lowest BCUT2D eigenvalue weighted by atomic mass is 10.2. The zero-order chi connectivity index (χ0) is 17.9. The van der Waals surface area contributed by atoms with Crippen molar-refractivity contribution in [1.82, 2.24) is 4.31 Å². The molecule has 0 spiro atoms. The number of ether oxygens (including phenoxy) is 2. The van der Waals surface area contributed by atoms with Gasteiger partial charge in [0.25, 0.3) is 0 Å². The van der Waals surface area contributed by atoms with Crippen molar-refractivity contribution in [3.05, 3.63) is 24.3 Å². The monoisotopic (exact) mass is 356 g/mol. The van der Waals surface area contributed by atoms with Gasteiger partial charge in [0.1, 0.15) is 5.75 Å². The summed E-state index contributed by atoms with van der Waals surface area (Å²) < 4.78 is 34.9. The number of hydrogen-bond acceptors (Lipinski definition) is 6. The molecule has 0 radical (unpaired) electrons. The summed E-state index contributed by atoms with van der Waals surface area (Å²) in [5, 5.41) is 0.